The van der Waals surface area contributed by atoms with Crippen LogP contribution in [0.2, 0.25) is 0 Å². The highest BCUT2D eigenvalue weighted by atomic mass is 32.1. The summed E-state index contributed by atoms with van der Waals surface area (Å²) in [6.07, 6.45) is -7.28. The summed E-state index contributed by atoms with van der Waals surface area (Å²) in [4.78, 5) is 39.2. The summed E-state index contributed by atoms with van der Waals surface area (Å²) in [6.45, 7) is 9.46. The third-order valence-corrected chi connectivity index (χ3v) is 7.45. The number of piperidine rings is 1. The van der Waals surface area contributed by atoms with Gasteiger partial charge < -0.3 is 15.3 Å². The summed E-state index contributed by atoms with van der Waals surface area (Å²) in [5, 5.41) is 21.4. The fraction of sp³-hybridized carbons (Fsp3) is 0.538. The Bertz CT molecular complexity index is 1170. The Morgan fingerprint density at radius 1 is 0.778 bits per heavy atom. The number of likely N-dealkylation sites (tertiary alicyclic amines) is 2. The number of hydrogen-bond acceptors (Lipinski definition) is 7. The topological polar surface area (TPSA) is 131 Å². The molecule has 19 heteroatoms. The van der Waals surface area contributed by atoms with Crippen molar-refractivity contribution in [3.8, 4) is 0 Å². The van der Waals surface area contributed by atoms with E-state index in [1.807, 2.05) is 29.8 Å². The first-order chi connectivity index (χ1) is 20.5. The first-order valence-corrected chi connectivity index (χ1v) is 13.6. The number of alkyl halides is 9. The Morgan fingerprint density at radius 3 is 1.58 bits per heavy atom. The van der Waals surface area contributed by atoms with Crippen LogP contribution in [-0.4, -0.2) is 92.7 Å². The number of thiophene rings is 1. The first kappa shape index (κ1) is 39.6. The van der Waals surface area contributed by atoms with Crippen molar-refractivity contribution in [2.45, 2.75) is 57.8 Å². The van der Waals surface area contributed by atoms with Crippen LogP contribution in [0.25, 0.3) is 0 Å². The van der Waals surface area contributed by atoms with E-state index in [-0.39, 0.29) is 0 Å². The van der Waals surface area contributed by atoms with Gasteiger partial charge in [0.15, 0.2) is 0 Å². The minimum Gasteiger partial charge on any atom is -0.475 e. The van der Waals surface area contributed by atoms with Crippen molar-refractivity contribution >= 4 is 29.2 Å². The van der Waals surface area contributed by atoms with Crippen LogP contribution in [0.15, 0.2) is 36.7 Å². The molecule has 3 N–H and O–H groups in total. The fourth-order valence-electron chi connectivity index (χ4n) is 4.30. The average molecular weight is 684 g/mol. The summed E-state index contributed by atoms with van der Waals surface area (Å²) in [7, 11) is 0. The quantitative estimate of drug-likeness (QED) is 0.341. The third-order valence-electron chi connectivity index (χ3n) is 6.47. The van der Waals surface area contributed by atoms with Crippen molar-refractivity contribution in [3.63, 3.8) is 0 Å². The minimum atomic E-state index is -5.08. The summed E-state index contributed by atoms with van der Waals surface area (Å²) in [6, 6.07) is 8.80. The molecule has 0 radical (unpaired) electrons. The molecule has 2 fully saturated rings. The highest BCUT2D eigenvalue weighted by Gasteiger charge is 2.41. The van der Waals surface area contributed by atoms with Crippen LogP contribution in [0.5, 0.6) is 0 Å². The SMILES string of the molecule is Cc1ccc(CN2CCC3(CC2)CCN(Cc2cccnc2)C3)s1.O=C(O)C(F)(F)F.O=C(O)C(F)(F)F.O=C(O)C(F)(F)F. The van der Waals surface area contributed by atoms with E-state index in [1.54, 1.807) is 0 Å². The summed E-state index contributed by atoms with van der Waals surface area (Å²) < 4.78 is 95.2. The molecule has 2 saturated heterocycles. The van der Waals surface area contributed by atoms with Gasteiger partial charge in [0.2, 0.25) is 0 Å². The highest BCUT2D eigenvalue weighted by molar-refractivity contribution is 7.11. The Hall–Kier alpha value is -3.45. The molecule has 0 amide bonds. The van der Waals surface area contributed by atoms with Gasteiger partial charge in [0.05, 0.1) is 0 Å². The monoisotopic (exact) mass is 683 g/mol. The van der Waals surface area contributed by atoms with Crippen LogP contribution in [0.1, 0.15) is 34.6 Å². The summed E-state index contributed by atoms with van der Waals surface area (Å²) >= 11 is 1.95. The molecule has 4 rings (SSSR count). The lowest BCUT2D eigenvalue weighted by atomic mass is 9.78. The van der Waals surface area contributed by atoms with Gasteiger partial charge in [0.25, 0.3) is 0 Å². The number of carboxylic acids is 3. The van der Waals surface area contributed by atoms with Gasteiger partial charge in [-0.05, 0) is 75.0 Å². The van der Waals surface area contributed by atoms with Crippen LogP contribution < -0.4 is 0 Å². The van der Waals surface area contributed by atoms with Gasteiger partial charge in [0.1, 0.15) is 0 Å². The summed E-state index contributed by atoms with van der Waals surface area (Å²) in [5.74, 6) is -8.27. The molecule has 2 aliphatic heterocycles. The van der Waals surface area contributed by atoms with Crippen LogP contribution >= 0.6 is 11.3 Å². The summed E-state index contributed by atoms with van der Waals surface area (Å²) in [5.41, 5.74) is 1.92. The van der Waals surface area contributed by atoms with E-state index in [0.29, 0.717) is 5.41 Å². The van der Waals surface area contributed by atoms with Gasteiger partial charge in [-0.15, -0.1) is 11.3 Å². The van der Waals surface area contributed by atoms with Crippen molar-refractivity contribution in [3.05, 3.63) is 52.0 Å². The second-order valence-corrected chi connectivity index (χ2v) is 11.4. The predicted molar refractivity (Wildman–Crippen MR) is 141 cm³/mol. The second kappa shape index (κ2) is 16.7. The Kier molecular flexibility index (Phi) is 14.7. The maximum atomic E-state index is 10.6. The molecule has 45 heavy (non-hydrogen) atoms. The largest absolute Gasteiger partial charge is 0.490 e. The Morgan fingerprint density at radius 2 is 1.22 bits per heavy atom. The van der Waals surface area contributed by atoms with Crippen molar-refractivity contribution in [1.29, 1.82) is 0 Å². The maximum absolute atomic E-state index is 10.6. The molecule has 2 aromatic rings. The average Bonchev–Trinajstić information content (AvgIpc) is 3.51. The third kappa shape index (κ3) is 15.4. The van der Waals surface area contributed by atoms with E-state index in [0.717, 1.165) is 13.1 Å². The molecule has 0 unspecified atom stereocenters. The zero-order chi connectivity index (χ0) is 34.6. The van der Waals surface area contributed by atoms with E-state index >= 15 is 0 Å². The van der Waals surface area contributed by atoms with Gasteiger partial charge in [-0.1, -0.05) is 6.07 Å². The van der Waals surface area contributed by atoms with Crippen LogP contribution in [0.3, 0.4) is 0 Å². The molecule has 2 aromatic heterocycles. The van der Waals surface area contributed by atoms with Crippen molar-refractivity contribution in [1.82, 2.24) is 14.8 Å². The molecular weight excluding hydrogens is 653 g/mol. The second-order valence-electron chi connectivity index (χ2n) is 10.0. The predicted octanol–water partition coefficient (Wildman–Crippen LogP) is 5.84. The van der Waals surface area contributed by atoms with Crippen molar-refractivity contribution < 1.29 is 69.2 Å². The van der Waals surface area contributed by atoms with E-state index in [1.165, 1.54) is 60.8 Å². The van der Waals surface area contributed by atoms with Gasteiger partial charge in [-0.2, -0.15) is 39.5 Å². The Labute approximate surface area is 254 Å². The smallest absolute Gasteiger partial charge is 0.475 e. The molecule has 0 saturated carbocycles. The van der Waals surface area contributed by atoms with E-state index in [9.17, 15) is 39.5 Å². The normalized spacial score (nSPS) is 16.8. The van der Waals surface area contributed by atoms with Gasteiger partial charge in [-0.25, -0.2) is 14.4 Å². The van der Waals surface area contributed by atoms with Crippen molar-refractivity contribution in [2.75, 3.05) is 26.2 Å². The molecule has 0 aromatic carbocycles. The zero-order valence-corrected chi connectivity index (χ0v) is 24.4. The van der Waals surface area contributed by atoms with Gasteiger partial charge in [0, 0.05) is 41.8 Å². The highest BCUT2D eigenvalue weighted by Crippen LogP contribution is 2.41. The molecule has 9 nitrogen and oxygen atoms in total. The van der Waals surface area contributed by atoms with Crippen LogP contribution in [0, 0.1) is 12.3 Å². The number of carboxylic acid groups (broad SMARTS) is 3. The fourth-order valence-corrected chi connectivity index (χ4v) is 5.23. The zero-order valence-electron chi connectivity index (χ0n) is 23.5. The number of aromatic nitrogens is 1. The molecule has 4 heterocycles. The number of nitrogens with zero attached hydrogens (tertiary/aromatic N) is 3. The lowest BCUT2D eigenvalue weighted by molar-refractivity contribution is -0.193. The van der Waals surface area contributed by atoms with Crippen LogP contribution in [0.4, 0.5) is 39.5 Å². The molecule has 1 spiro atoms. The van der Waals surface area contributed by atoms with E-state index in [2.05, 4.69) is 39.9 Å². The van der Waals surface area contributed by atoms with Gasteiger partial charge in [-0.3, -0.25) is 14.8 Å². The Balaban J connectivity index is 0.000000396. The van der Waals surface area contributed by atoms with E-state index < -0.39 is 36.4 Å². The van der Waals surface area contributed by atoms with E-state index in [4.69, 9.17) is 29.7 Å². The number of aliphatic carboxylic acids is 3. The molecule has 254 valence electrons. The number of rotatable bonds is 4. The first-order valence-electron chi connectivity index (χ1n) is 12.8. The maximum Gasteiger partial charge on any atom is 0.490 e. The molecular formula is C26H30F9N3O6S. The lowest BCUT2D eigenvalue weighted by Crippen LogP contribution is -2.41. The van der Waals surface area contributed by atoms with Crippen LogP contribution in [-0.2, 0) is 27.5 Å². The van der Waals surface area contributed by atoms with Crippen molar-refractivity contribution in [2.24, 2.45) is 5.41 Å². The standard InChI is InChI=1S/C20H27N3S.3C2HF3O2/c1-17-4-5-19(24-17)15-22-10-6-20(7-11-22)8-12-23(16-20)14-18-3-2-9-21-13-18;3*3-2(4,5)1(6)7/h2-5,9,13H,6-8,10-12,14-16H2,1H3;3*(H,6,7). The number of aryl methyl sites for hydroxylation is 1. The number of hydrogen-bond donors (Lipinski definition) is 3. The molecule has 0 atom stereocenters. The molecule has 0 aliphatic carbocycles. The minimum absolute atomic E-state index is 0.573. The molecule has 0 bridgehead atoms. The number of halogens is 9. The molecule has 2 aliphatic rings. The lowest BCUT2D eigenvalue weighted by Gasteiger charge is -2.39. The van der Waals surface area contributed by atoms with Gasteiger partial charge >= 0.3 is 36.4 Å². The number of pyridine rings is 1. The number of carbonyl (C=O) groups is 3.